The second-order valence-corrected chi connectivity index (χ2v) is 9.38. The van der Waals surface area contributed by atoms with Gasteiger partial charge in [-0.2, -0.15) is 0 Å². The van der Waals surface area contributed by atoms with Crippen LogP contribution in [0.25, 0.3) is 0 Å². The van der Waals surface area contributed by atoms with Gasteiger partial charge in [-0.25, -0.2) is 0 Å². The SMILES string of the molecule is CN(CCCN)CCCNCCO[C@@H]1[C@@H](O)[C@H](N)C[C@H](N)[C@H]1O[C@H]1O[C@H](CN)[C@@H](O)[C@H](O)[C@H]1N. The maximum Gasteiger partial charge on any atom is 0.176 e. The molecular weight excluding hydrogens is 446 g/mol. The first-order valence-corrected chi connectivity index (χ1v) is 12.2. The highest BCUT2D eigenvalue weighted by atomic mass is 16.7. The molecule has 0 amide bonds. The van der Waals surface area contributed by atoms with E-state index in [-0.39, 0.29) is 6.54 Å². The first-order valence-electron chi connectivity index (χ1n) is 12.2. The van der Waals surface area contributed by atoms with Gasteiger partial charge in [0, 0.05) is 25.2 Å². The third kappa shape index (κ3) is 8.27. The number of aliphatic hydroxyl groups excluding tert-OH is 3. The van der Waals surface area contributed by atoms with Gasteiger partial charge in [0.2, 0.25) is 0 Å². The van der Waals surface area contributed by atoms with Crippen molar-refractivity contribution in [2.75, 3.05) is 52.9 Å². The van der Waals surface area contributed by atoms with Crippen molar-refractivity contribution in [1.29, 1.82) is 0 Å². The quantitative estimate of drug-likeness (QED) is 0.103. The number of ether oxygens (including phenoxy) is 3. The fourth-order valence-electron chi connectivity index (χ4n) is 4.41. The predicted octanol–water partition coefficient (Wildman–Crippen LogP) is -4.83. The molecule has 0 aromatic carbocycles. The number of hydrogen-bond donors (Lipinski definition) is 9. The summed E-state index contributed by atoms with van der Waals surface area (Å²) in [5.74, 6) is 0. The molecule has 34 heavy (non-hydrogen) atoms. The number of nitrogens with zero attached hydrogens (tertiary/aromatic N) is 1. The van der Waals surface area contributed by atoms with E-state index in [0.29, 0.717) is 26.1 Å². The average Bonchev–Trinajstić information content (AvgIpc) is 2.81. The average molecular weight is 494 g/mol. The molecule has 2 rings (SSSR count). The minimum atomic E-state index is -1.28. The summed E-state index contributed by atoms with van der Waals surface area (Å²) >= 11 is 0. The van der Waals surface area contributed by atoms with E-state index in [1.807, 2.05) is 0 Å². The van der Waals surface area contributed by atoms with E-state index < -0.39 is 61.0 Å². The van der Waals surface area contributed by atoms with Gasteiger partial charge in [-0.15, -0.1) is 0 Å². The summed E-state index contributed by atoms with van der Waals surface area (Å²) in [7, 11) is 2.08. The molecule has 2 fully saturated rings. The van der Waals surface area contributed by atoms with Crippen LogP contribution in [0.15, 0.2) is 0 Å². The van der Waals surface area contributed by atoms with Crippen molar-refractivity contribution < 1.29 is 29.5 Å². The number of aliphatic hydroxyl groups is 3. The standard InChI is InChI=1S/C21H47N7O6/c1-28(7-2-4-22)8-3-5-27-6-9-32-20-16(29)12(24)10-13(25)19(20)34-21-15(26)18(31)17(30)14(11-23)33-21/h12-21,27,29-31H,2-11,22-26H2,1H3/t12-,13+,14-,15-,16+,17-,18-,19-,20-,21-/m1/s1. The molecule has 1 saturated carbocycles. The highest BCUT2D eigenvalue weighted by Gasteiger charge is 2.48. The Bertz CT molecular complexity index is 566. The van der Waals surface area contributed by atoms with Crippen molar-refractivity contribution in [2.24, 2.45) is 28.7 Å². The van der Waals surface area contributed by atoms with Crippen molar-refractivity contribution in [1.82, 2.24) is 10.2 Å². The lowest BCUT2D eigenvalue weighted by Gasteiger charge is -2.46. The number of hydrogen-bond acceptors (Lipinski definition) is 13. The molecule has 0 unspecified atom stereocenters. The summed E-state index contributed by atoms with van der Waals surface area (Å²) < 4.78 is 17.6. The van der Waals surface area contributed by atoms with Crippen LogP contribution in [0, 0.1) is 0 Å². The van der Waals surface area contributed by atoms with Crippen LogP contribution in [0.2, 0.25) is 0 Å². The molecule has 14 N–H and O–H groups in total. The lowest BCUT2D eigenvalue weighted by Crippen LogP contribution is -2.67. The van der Waals surface area contributed by atoms with Crippen LogP contribution in [0.5, 0.6) is 0 Å². The van der Waals surface area contributed by atoms with E-state index in [1.54, 1.807) is 0 Å². The van der Waals surface area contributed by atoms with Crippen LogP contribution < -0.4 is 34.0 Å². The molecule has 1 aliphatic carbocycles. The third-order valence-electron chi connectivity index (χ3n) is 6.56. The minimum absolute atomic E-state index is 0.0244. The summed E-state index contributed by atoms with van der Waals surface area (Å²) in [6.07, 6.45) is -4.72. The summed E-state index contributed by atoms with van der Waals surface area (Å²) in [6, 6.07) is -2.14. The Kier molecular flexibility index (Phi) is 13.0. The molecular formula is C21H47N7O6. The van der Waals surface area contributed by atoms with Crippen LogP contribution in [0.1, 0.15) is 19.3 Å². The van der Waals surface area contributed by atoms with Gasteiger partial charge in [0.05, 0.1) is 18.8 Å². The number of nitrogens with one attached hydrogen (secondary N) is 1. The van der Waals surface area contributed by atoms with Gasteiger partial charge in [-0.1, -0.05) is 0 Å². The Balaban J connectivity index is 1.85. The van der Waals surface area contributed by atoms with Gasteiger partial charge < -0.3 is 68.4 Å². The van der Waals surface area contributed by atoms with E-state index in [4.69, 9.17) is 42.9 Å². The predicted molar refractivity (Wildman–Crippen MR) is 128 cm³/mol. The topological polar surface area (TPSA) is 234 Å². The van der Waals surface area contributed by atoms with Crippen LogP contribution in [0.4, 0.5) is 0 Å². The van der Waals surface area contributed by atoms with Gasteiger partial charge >= 0.3 is 0 Å². The molecule has 0 bridgehead atoms. The zero-order valence-electron chi connectivity index (χ0n) is 20.2. The zero-order valence-corrected chi connectivity index (χ0v) is 20.2. The molecule has 0 aromatic heterocycles. The molecule has 202 valence electrons. The van der Waals surface area contributed by atoms with Crippen molar-refractivity contribution in [3.05, 3.63) is 0 Å². The van der Waals surface area contributed by atoms with Crippen LogP contribution in [-0.2, 0) is 14.2 Å². The van der Waals surface area contributed by atoms with Gasteiger partial charge in [0.1, 0.15) is 30.5 Å². The molecule has 1 heterocycles. The molecule has 1 saturated heterocycles. The van der Waals surface area contributed by atoms with Crippen LogP contribution >= 0.6 is 0 Å². The van der Waals surface area contributed by atoms with E-state index in [0.717, 1.165) is 32.5 Å². The fraction of sp³-hybridized carbons (Fsp3) is 1.00. The van der Waals surface area contributed by atoms with E-state index in [2.05, 4.69) is 17.3 Å². The molecule has 0 spiro atoms. The largest absolute Gasteiger partial charge is 0.389 e. The van der Waals surface area contributed by atoms with Gasteiger partial charge in [0.25, 0.3) is 0 Å². The summed E-state index contributed by atoms with van der Waals surface area (Å²) in [6.45, 7) is 4.34. The van der Waals surface area contributed by atoms with Crippen molar-refractivity contribution in [3.8, 4) is 0 Å². The van der Waals surface area contributed by atoms with Gasteiger partial charge in [-0.3, -0.25) is 0 Å². The Morgan fingerprint density at radius 2 is 1.65 bits per heavy atom. The van der Waals surface area contributed by atoms with Crippen LogP contribution in [0.3, 0.4) is 0 Å². The maximum atomic E-state index is 10.7. The Morgan fingerprint density at radius 1 is 0.941 bits per heavy atom. The van der Waals surface area contributed by atoms with E-state index >= 15 is 0 Å². The normalized spacial score (nSPS) is 39.0. The smallest absolute Gasteiger partial charge is 0.176 e. The molecule has 10 atom stereocenters. The number of nitrogens with two attached hydrogens (primary N) is 5. The zero-order chi connectivity index (χ0) is 25.3. The Morgan fingerprint density at radius 3 is 2.32 bits per heavy atom. The van der Waals surface area contributed by atoms with Crippen molar-refractivity contribution in [2.45, 2.75) is 80.3 Å². The van der Waals surface area contributed by atoms with Crippen molar-refractivity contribution >= 4 is 0 Å². The van der Waals surface area contributed by atoms with Crippen molar-refractivity contribution in [3.63, 3.8) is 0 Å². The number of rotatable bonds is 14. The monoisotopic (exact) mass is 493 g/mol. The second kappa shape index (κ2) is 14.9. The fourth-order valence-corrected chi connectivity index (χ4v) is 4.41. The first-order chi connectivity index (χ1) is 16.2. The molecule has 13 nitrogen and oxygen atoms in total. The molecule has 0 aromatic rings. The van der Waals surface area contributed by atoms with E-state index in [9.17, 15) is 15.3 Å². The lowest BCUT2D eigenvalue weighted by atomic mass is 9.84. The van der Waals surface area contributed by atoms with Gasteiger partial charge in [-0.05, 0) is 52.5 Å². The first kappa shape index (κ1) is 29.7. The van der Waals surface area contributed by atoms with Gasteiger partial charge in [0.15, 0.2) is 6.29 Å². The summed E-state index contributed by atoms with van der Waals surface area (Å²) in [4.78, 5) is 2.25. The summed E-state index contributed by atoms with van der Waals surface area (Å²) in [5, 5.41) is 34.3. The Labute approximate surface area is 202 Å². The minimum Gasteiger partial charge on any atom is -0.389 e. The maximum absolute atomic E-state index is 10.7. The molecule has 2 aliphatic rings. The molecule has 0 radical (unpaired) electrons. The summed E-state index contributed by atoms with van der Waals surface area (Å²) in [5.41, 5.74) is 29.5. The van der Waals surface area contributed by atoms with E-state index in [1.165, 1.54) is 0 Å². The highest BCUT2D eigenvalue weighted by molar-refractivity contribution is 5.00. The second-order valence-electron chi connectivity index (χ2n) is 9.38. The van der Waals surface area contributed by atoms with Crippen LogP contribution in [-0.4, -0.2) is 134 Å². The molecule has 13 heteroatoms. The Hall–Kier alpha value is -0.520. The lowest BCUT2D eigenvalue weighted by molar-refractivity contribution is -0.290. The molecule has 1 aliphatic heterocycles. The highest BCUT2D eigenvalue weighted by Crippen LogP contribution is 2.28. The third-order valence-corrected chi connectivity index (χ3v) is 6.56.